The standard InChI is InChI=1S/C30H39FN4O5SSi/c1-10-38-23-15-24(26(31)25(16-23)40-42(17(2)3,18(4)5)19(6)7)27(29(41-9)34-30(36)37)33-22-13-11-21(12-14-22)28-32-20(8)39-35-28/h11-19H,10H2,1-9H3,(H,36,37). The Labute approximate surface area is 251 Å². The minimum absolute atomic E-state index is 0.0268. The van der Waals surface area contributed by atoms with E-state index in [2.05, 4.69) is 56.7 Å². The lowest BCUT2D eigenvalue weighted by Gasteiger charge is -2.42. The number of nitrogens with zero attached hydrogens (tertiary/aromatic N) is 4. The molecule has 2 aromatic carbocycles. The summed E-state index contributed by atoms with van der Waals surface area (Å²) in [5, 5.41) is 13.5. The number of thioether (sulfide) groups is 1. The number of aliphatic imine (C=N–C) groups is 2. The highest BCUT2D eigenvalue weighted by Gasteiger charge is 2.47. The van der Waals surface area contributed by atoms with Crippen molar-refractivity contribution in [2.24, 2.45) is 9.98 Å². The van der Waals surface area contributed by atoms with Gasteiger partial charge in [-0.1, -0.05) is 46.7 Å². The molecule has 9 nitrogen and oxygen atoms in total. The predicted molar refractivity (Wildman–Crippen MR) is 169 cm³/mol. The lowest BCUT2D eigenvalue weighted by molar-refractivity contribution is 0.206. The topological polar surface area (TPSA) is 119 Å². The van der Waals surface area contributed by atoms with E-state index < -0.39 is 20.2 Å². The van der Waals surface area contributed by atoms with E-state index in [1.54, 1.807) is 43.5 Å². The highest BCUT2D eigenvalue weighted by Crippen LogP contribution is 2.44. The van der Waals surface area contributed by atoms with Crippen molar-refractivity contribution >= 4 is 42.6 Å². The molecule has 0 unspecified atom stereocenters. The first kappa shape index (κ1) is 33.0. The molecule has 0 saturated heterocycles. The fourth-order valence-corrected chi connectivity index (χ4v) is 11.1. The van der Waals surface area contributed by atoms with Gasteiger partial charge in [0.05, 0.1) is 12.3 Å². The summed E-state index contributed by atoms with van der Waals surface area (Å²) in [5.41, 5.74) is 1.81. The number of ether oxygens (including phenoxy) is 1. The molecule has 1 amide bonds. The minimum Gasteiger partial charge on any atom is -0.541 e. The average Bonchev–Trinajstić information content (AvgIpc) is 3.36. The first-order valence-electron chi connectivity index (χ1n) is 13.8. The molecule has 0 bridgehead atoms. The Morgan fingerprint density at radius 2 is 1.71 bits per heavy atom. The number of hydrogen-bond acceptors (Lipinski definition) is 8. The summed E-state index contributed by atoms with van der Waals surface area (Å²) in [6, 6.07) is 10.00. The molecule has 0 aliphatic carbocycles. The lowest BCUT2D eigenvalue weighted by atomic mass is 10.1. The zero-order valence-corrected chi connectivity index (χ0v) is 27.4. The molecule has 1 heterocycles. The van der Waals surface area contributed by atoms with Gasteiger partial charge < -0.3 is 18.8 Å². The quantitative estimate of drug-likeness (QED) is 0.129. The summed E-state index contributed by atoms with van der Waals surface area (Å²) in [5.74, 6) is 0.651. The largest absolute Gasteiger partial charge is 0.541 e. The molecule has 1 N–H and O–H groups in total. The van der Waals surface area contributed by atoms with Crippen LogP contribution in [0.3, 0.4) is 0 Å². The van der Waals surface area contributed by atoms with Gasteiger partial charge >= 0.3 is 6.09 Å². The second-order valence-corrected chi connectivity index (χ2v) is 16.9. The van der Waals surface area contributed by atoms with Crippen LogP contribution in [0, 0.1) is 12.7 Å². The molecule has 0 spiro atoms. The number of rotatable bonds is 11. The zero-order valence-electron chi connectivity index (χ0n) is 25.6. The Hall–Kier alpha value is -3.51. The molecule has 12 heteroatoms. The number of halogens is 1. The van der Waals surface area contributed by atoms with Crippen LogP contribution < -0.4 is 9.16 Å². The molecule has 42 heavy (non-hydrogen) atoms. The van der Waals surface area contributed by atoms with Crippen molar-refractivity contribution in [3.63, 3.8) is 0 Å². The SMILES string of the molecule is CCOc1cc(O[Si](C(C)C)(C(C)C)C(C)C)c(F)c(C(=Nc2ccc(-c3noc(C)n3)cc2)C(=NC(=O)O)SC)c1. The number of carboxylic acid groups (broad SMARTS) is 1. The van der Waals surface area contributed by atoms with E-state index in [-0.39, 0.29) is 38.7 Å². The van der Waals surface area contributed by atoms with Crippen LogP contribution in [0.2, 0.25) is 16.6 Å². The summed E-state index contributed by atoms with van der Waals surface area (Å²) < 4.78 is 34.3. The van der Waals surface area contributed by atoms with Crippen molar-refractivity contribution < 1.29 is 28.0 Å². The molecule has 3 rings (SSSR count). The minimum atomic E-state index is -2.56. The molecule has 1 aromatic heterocycles. The summed E-state index contributed by atoms with van der Waals surface area (Å²) in [6.45, 7) is 16.6. The Morgan fingerprint density at radius 3 is 2.19 bits per heavy atom. The van der Waals surface area contributed by atoms with Crippen molar-refractivity contribution in [1.82, 2.24) is 10.1 Å². The maximum atomic E-state index is 16.6. The molecule has 0 atom stereocenters. The van der Waals surface area contributed by atoms with Gasteiger partial charge in [-0.15, -0.1) is 11.8 Å². The molecule has 0 aliphatic rings. The van der Waals surface area contributed by atoms with E-state index in [9.17, 15) is 9.90 Å². The summed E-state index contributed by atoms with van der Waals surface area (Å²) in [7, 11) is -2.56. The monoisotopic (exact) mass is 614 g/mol. The van der Waals surface area contributed by atoms with Crippen LogP contribution in [0.4, 0.5) is 14.9 Å². The van der Waals surface area contributed by atoms with E-state index in [0.29, 0.717) is 35.3 Å². The van der Waals surface area contributed by atoms with E-state index >= 15 is 4.39 Å². The third-order valence-electron chi connectivity index (χ3n) is 7.06. The van der Waals surface area contributed by atoms with Gasteiger partial charge in [-0.25, -0.2) is 14.2 Å². The van der Waals surface area contributed by atoms with Gasteiger partial charge in [-0.3, -0.25) is 0 Å². The van der Waals surface area contributed by atoms with E-state index in [1.165, 1.54) is 6.07 Å². The van der Waals surface area contributed by atoms with Crippen LogP contribution in [0.1, 0.15) is 59.9 Å². The number of carbonyl (C=O) groups is 1. The van der Waals surface area contributed by atoms with Crippen molar-refractivity contribution in [1.29, 1.82) is 0 Å². The maximum Gasteiger partial charge on any atom is 0.432 e. The predicted octanol–water partition coefficient (Wildman–Crippen LogP) is 8.70. The van der Waals surface area contributed by atoms with Crippen LogP contribution >= 0.6 is 11.8 Å². The average molecular weight is 615 g/mol. The highest BCUT2D eigenvalue weighted by atomic mass is 32.2. The first-order chi connectivity index (χ1) is 19.8. The van der Waals surface area contributed by atoms with Gasteiger partial charge in [0.25, 0.3) is 8.32 Å². The Bertz CT molecular complexity index is 1430. The van der Waals surface area contributed by atoms with E-state index in [1.807, 2.05) is 6.92 Å². The van der Waals surface area contributed by atoms with Crippen LogP contribution in [0.15, 0.2) is 50.9 Å². The van der Waals surface area contributed by atoms with Crippen molar-refractivity contribution in [2.75, 3.05) is 12.9 Å². The highest BCUT2D eigenvalue weighted by molar-refractivity contribution is 8.15. The van der Waals surface area contributed by atoms with Crippen LogP contribution in [-0.4, -0.2) is 53.3 Å². The molecule has 226 valence electrons. The van der Waals surface area contributed by atoms with Gasteiger partial charge in [-0.05, 0) is 60.1 Å². The van der Waals surface area contributed by atoms with E-state index in [4.69, 9.17) is 18.7 Å². The number of amides is 1. The fraction of sp³-hybridized carbons (Fsp3) is 0.433. The normalized spacial score (nSPS) is 12.9. The molecular weight excluding hydrogens is 576 g/mol. The Morgan fingerprint density at radius 1 is 1.10 bits per heavy atom. The Kier molecular flexibility index (Phi) is 11.1. The summed E-state index contributed by atoms with van der Waals surface area (Å²) in [6.07, 6.45) is 0.244. The first-order valence-corrected chi connectivity index (χ1v) is 17.2. The summed E-state index contributed by atoms with van der Waals surface area (Å²) >= 11 is 1.05. The van der Waals surface area contributed by atoms with Gasteiger partial charge in [0, 0.05) is 24.1 Å². The number of benzene rings is 2. The third kappa shape index (κ3) is 7.27. The van der Waals surface area contributed by atoms with E-state index in [0.717, 1.165) is 11.8 Å². The van der Waals surface area contributed by atoms with Gasteiger partial charge in [0.1, 0.15) is 22.3 Å². The molecule has 3 aromatic rings. The van der Waals surface area contributed by atoms with Gasteiger partial charge in [-0.2, -0.15) is 9.98 Å². The van der Waals surface area contributed by atoms with Gasteiger partial charge in [0.15, 0.2) is 5.82 Å². The smallest absolute Gasteiger partial charge is 0.432 e. The van der Waals surface area contributed by atoms with Crippen LogP contribution in [0.25, 0.3) is 11.4 Å². The van der Waals surface area contributed by atoms with Crippen LogP contribution in [0.5, 0.6) is 11.5 Å². The van der Waals surface area contributed by atoms with Crippen molar-refractivity contribution in [2.45, 2.75) is 72.0 Å². The Balaban J connectivity index is 2.26. The molecular formula is C30H39FN4O5SSi. The third-order valence-corrected chi connectivity index (χ3v) is 13.7. The number of aryl methyl sites for hydroxylation is 1. The molecule has 0 aliphatic heterocycles. The number of aromatic nitrogens is 2. The van der Waals surface area contributed by atoms with Crippen LogP contribution in [-0.2, 0) is 0 Å². The molecule has 0 radical (unpaired) electrons. The van der Waals surface area contributed by atoms with Crippen molar-refractivity contribution in [3.05, 3.63) is 53.7 Å². The second kappa shape index (κ2) is 14.1. The molecule has 0 saturated carbocycles. The molecule has 0 fully saturated rings. The lowest BCUT2D eigenvalue weighted by Crippen LogP contribution is -2.51. The second-order valence-electron chi connectivity index (χ2n) is 10.7. The number of hydrogen-bond donors (Lipinski definition) is 1. The van der Waals surface area contributed by atoms with Gasteiger partial charge in [0.2, 0.25) is 11.7 Å². The van der Waals surface area contributed by atoms with Crippen molar-refractivity contribution in [3.8, 4) is 22.9 Å². The zero-order chi connectivity index (χ0) is 31.2. The maximum absolute atomic E-state index is 16.6. The fourth-order valence-electron chi connectivity index (χ4n) is 5.35. The summed E-state index contributed by atoms with van der Waals surface area (Å²) in [4.78, 5) is 24.3.